The zero-order valence-corrected chi connectivity index (χ0v) is 23.1. The van der Waals surface area contributed by atoms with Crippen molar-refractivity contribution in [2.45, 2.75) is 41.1 Å². The molecule has 3 heterocycles. The molecule has 0 bridgehead atoms. The van der Waals surface area contributed by atoms with E-state index in [2.05, 4.69) is 10.6 Å². The molecule has 8 nitrogen and oxygen atoms in total. The number of fused-ring (bicyclic) bond motifs is 1. The number of halogens is 1. The van der Waals surface area contributed by atoms with Crippen LogP contribution in [0.4, 0.5) is 5.69 Å². The van der Waals surface area contributed by atoms with Gasteiger partial charge in [-0.15, -0.1) is 11.3 Å². The summed E-state index contributed by atoms with van der Waals surface area (Å²) in [7, 11) is -6.16. The number of nitrogens with one attached hydrogen (secondary N) is 2. The molecule has 198 valence electrons. The second kappa shape index (κ2) is 10.6. The molecule has 0 atom stereocenters. The molecule has 4 N–H and O–H groups in total. The summed E-state index contributed by atoms with van der Waals surface area (Å²) < 4.78 is 48.2. The zero-order valence-electron chi connectivity index (χ0n) is 19.9. The molecule has 1 amide bonds. The Morgan fingerprint density at radius 1 is 1.03 bits per heavy atom. The van der Waals surface area contributed by atoms with Crippen molar-refractivity contribution < 1.29 is 22.3 Å². The van der Waals surface area contributed by atoms with E-state index in [0.717, 1.165) is 21.7 Å². The molecule has 37 heavy (non-hydrogen) atoms. The molecule has 1 saturated heterocycles. The van der Waals surface area contributed by atoms with Crippen LogP contribution in [0.2, 0.25) is 5.02 Å². The van der Waals surface area contributed by atoms with Crippen molar-refractivity contribution in [3.8, 4) is 0 Å². The predicted octanol–water partition coefficient (Wildman–Crippen LogP) is 5.36. The number of sulfonamides is 1. The average molecular weight is 582 g/mol. The van der Waals surface area contributed by atoms with Crippen molar-refractivity contribution in [2.24, 2.45) is 0 Å². The minimum Gasteiger partial charge on any atom is -0.382 e. The maximum atomic E-state index is 13.2. The Kier molecular flexibility index (Phi) is 7.56. The summed E-state index contributed by atoms with van der Waals surface area (Å²) >= 11 is 7.03. The fourth-order valence-corrected chi connectivity index (χ4v) is 9.30. The molecule has 0 radical (unpaired) electrons. The minimum atomic E-state index is -3.61. The monoisotopic (exact) mass is 581 g/mol. The molecule has 0 unspecified atom stereocenters. The molecular formula is C25H28ClN3O5S3. The Morgan fingerprint density at radius 3 is 2.46 bits per heavy atom. The SMILES string of the molecule is O=C(NCc1ccc(S(=O)(=O)N2CCC(Nc3ccc4c(c3)CS(O)(O)C4)CC2)s1)c1ccc(Cl)cc1. The topological polar surface area (TPSA) is 119 Å². The van der Waals surface area contributed by atoms with E-state index < -0.39 is 20.6 Å². The molecule has 2 aromatic carbocycles. The first-order valence-electron chi connectivity index (χ1n) is 11.8. The van der Waals surface area contributed by atoms with Gasteiger partial charge >= 0.3 is 0 Å². The van der Waals surface area contributed by atoms with Crippen molar-refractivity contribution in [1.82, 2.24) is 9.62 Å². The third-order valence-electron chi connectivity index (χ3n) is 6.57. The largest absolute Gasteiger partial charge is 0.382 e. The van der Waals surface area contributed by atoms with Crippen molar-refractivity contribution in [2.75, 3.05) is 18.4 Å². The first-order valence-corrected chi connectivity index (χ1v) is 16.4. The smallest absolute Gasteiger partial charge is 0.252 e. The fourth-order valence-electron chi connectivity index (χ4n) is 4.61. The van der Waals surface area contributed by atoms with Gasteiger partial charge in [-0.2, -0.15) is 14.9 Å². The molecule has 1 fully saturated rings. The molecule has 1 aromatic heterocycles. The number of carbonyl (C=O) groups is 1. The zero-order chi connectivity index (χ0) is 26.2. The van der Waals surface area contributed by atoms with Gasteiger partial charge in [0.2, 0.25) is 0 Å². The molecule has 0 saturated carbocycles. The number of thiophene rings is 1. The number of piperidine rings is 1. The van der Waals surface area contributed by atoms with E-state index in [0.29, 0.717) is 48.0 Å². The summed E-state index contributed by atoms with van der Waals surface area (Å²) in [5.74, 6) is 0.362. The van der Waals surface area contributed by atoms with Gasteiger partial charge in [-0.25, -0.2) is 8.42 Å². The van der Waals surface area contributed by atoms with Crippen LogP contribution in [0.25, 0.3) is 0 Å². The second-order valence-corrected chi connectivity index (χ2v) is 15.3. The van der Waals surface area contributed by atoms with Crippen LogP contribution in [0.1, 0.15) is 39.2 Å². The number of benzene rings is 2. The third-order valence-corrected chi connectivity index (χ3v) is 11.8. The Hall–Kier alpha value is -2.12. The fraction of sp³-hybridized carbons (Fsp3) is 0.320. The van der Waals surface area contributed by atoms with Gasteiger partial charge in [0, 0.05) is 40.3 Å². The maximum absolute atomic E-state index is 13.2. The molecule has 3 aromatic rings. The number of hydrogen-bond acceptors (Lipinski definition) is 7. The molecule has 0 spiro atoms. The van der Waals surface area contributed by atoms with Crippen LogP contribution in [0.15, 0.2) is 58.8 Å². The highest BCUT2D eigenvalue weighted by atomic mass is 35.5. The lowest BCUT2D eigenvalue weighted by Gasteiger charge is -2.31. The highest BCUT2D eigenvalue weighted by Crippen LogP contribution is 2.52. The van der Waals surface area contributed by atoms with Gasteiger partial charge < -0.3 is 10.6 Å². The third kappa shape index (κ3) is 6.14. The highest BCUT2D eigenvalue weighted by Gasteiger charge is 2.31. The normalized spacial score (nSPS) is 18.8. The number of nitrogens with zero attached hydrogens (tertiary/aromatic N) is 1. The second-order valence-electron chi connectivity index (χ2n) is 9.31. The van der Waals surface area contributed by atoms with Crippen molar-refractivity contribution >= 4 is 55.1 Å². The van der Waals surface area contributed by atoms with E-state index in [1.54, 1.807) is 36.4 Å². The summed E-state index contributed by atoms with van der Waals surface area (Å²) in [5.41, 5.74) is 3.34. The van der Waals surface area contributed by atoms with Gasteiger partial charge in [0.1, 0.15) is 4.21 Å². The van der Waals surface area contributed by atoms with E-state index in [9.17, 15) is 22.3 Å². The Labute approximate surface area is 227 Å². The molecule has 5 rings (SSSR count). The first kappa shape index (κ1) is 26.5. The van der Waals surface area contributed by atoms with Crippen LogP contribution in [0.3, 0.4) is 0 Å². The molecule has 2 aliphatic heterocycles. The summed E-state index contributed by atoms with van der Waals surface area (Å²) in [5, 5.41) is 6.84. The van der Waals surface area contributed by atoms with E-state index in [-0.39, 0.29) is 22.7 Å². The van der Waals surface area contributed by atoms with Crippen molar-refractivity contribution in [3.63, 3.8) is 0 Å². The summed E-state index contributed by atoms with van der Waals surface area (Å²) in [6.07, 6.45) is 1.34. The highest BCUT2D eigenvalue weighted by molar-refractivity contribution is 8.23. The minimum absolute atomic E-state index is 0.133. The van der Waals surface area contributed by atoms with Gasteiger partial charge in [0.05, 0.1) is 18.1 Å². The van der Waals surface area contributed by atoms with Crippen molar-refractivity contribution in [3.05, 3.63) is 81.2 Å². The number of hydrogen-bond donors (Lipinski definition) is 4. The van der Waals surface area contributed by atoms with Gasteiger partial charge in [-0.05, 0) is 72.5 Å². The molecular weight excluding hydrogens is 554 g/mol. The number of amides is 1. The van der Waals surface area contributed by atoms with Gasteiger partial charge in [0.25, 0.3) is 15.9 Å². The van der Waals surface area contributed by atoms with Crippen LogP contribution in [-0.4, -0.2) is 46.9 Å². The maximum Gasteiger partial charge on any atom is 0.252 e. The van der Waals surface area contributed by atoms with Crippen LogP contribution in [0, 0.1) is 0 Å². The van der Waals surface area contributed by atoms with E-state index in [1.165, 1.54) is 15.6 Å². The van der Waals surface area contributed by atoms with Gasteiger partial charge in [-0.1, -0.05) is 17.7 Å². The van der Waals surface area contributed by atoms with E-state index in [4.69, 9.17) is 11.6 Å². The lowest BCUT2D eigenvalue weighted by Crippen LogP contribution is -2.42. The Bertz CT molecular complexity index is 1400. The molecule has 2 aliphatic rings. The summed E-state index contributed by atoms with van der Waals surface area (Å²) in [6, 6.07) is 15.9. The Morgan fingerprint density at radius 2 is 1.73 bits per heavy atom. The number of rotatable bonds is 7. The number of carbonyl (C=O) groups excluding carboxylic acids is 1. The van der Waals surface area contributed by atoms with Crippen molar-refractivity contribution in [1.29, 1.82) is 0 Å². The average Bonchev–Trinajstić information content (AvgIpc) is 3.46. The van der Waals surface area contributed by atoms with Gasteiger partial charge in [0.15, 0.2) is 0 Å². The predicted molar refractivity (Wildman–Crippen MR) is 149 cm³/mol. The summed E-state index contributed by atoms with van der Waals surface area (Å²) in [4.78, 5) is 13.1. The lowest BCUT2D eigenvalue weighted by molar-refractivity contribution is 0.0951. The molecule has 0 aliphatic carbocycles. The number of anilines is 1. The van der Waals surface area contributed by atoms with Crippen LogP contribution in [-0.2, 0) is 28.1 Å². The first-order chi connectivity index (χ1) is 17.6. The quantitative estimate of drug-likeness (QED) is 0.298. The van der Waals surface area contributed by atoms with Crippen LogP contribution < -0.4 is 10.6 Å². The lowest BCUT2D eigenvalue weighted by atomic mass is 10.0. The summed E-state index contributed by atoms with van der Waals surface area (Å²) in [6.45, 7) is 1.06. The molecule has 12 heteroatoms. The Balaban J connectivity index is 1.14. The van der Waals surface area contributed by atoms with Crippen LogP contribution >= 0.6 is 33.5 Å². The van der Waals surface area contributed by atoms with Gasteiger partial charge in [-0.3, -0.25) is 13.9 Å². The van der Waals surface area contributed by atoms with E-state index in [1.807, 2.05) is 18.2 Å². The standard InChI is InChI=1S/C25H28ClN3O5S3/c26-20-4-1-17(2-5-20)25(30)27-14-23-7-8-24(35-23)37(33,34)29-11-9-21(10-12-29)28-22-6-3-18-15-36(31,32)16-19(18)13-22/h1-8,13,21,28,31-32H,9-12,14-16H2,(H,27,30). The van der Waals surface area contributed by atoms with Crippen LogP contribution in [0.5, 0.6) is 0 Å². The van der Waals surface area contributed by atoms with E-state index >= 15 is 0 Å².